The van der Waals surface area contributed by atoms with Crippen LogP contribution < -0.4 is 5.32 Å². The van der Waals surface area contributed by atoms with Crippen molar-refractivity contribution in [3.63, 3.8) is 0 Å². The smallest absolute Gasteiger partial charge is 0.250 e. The highest BCUT2D eigenvalue weighted by Crippen LogP contribution is 1.91. The second kappa shape index (κ2) is 5.60. The first-order chi connectivity index (χ1) is 5.02. The zero-order chi connectivity index (χ0) is 8.85. The third kappa shape index (κ3) is 7.87. The number of halogens is 2. The molecule has 0 radical (unpaired) electrons. The summed E-state index contributed by atoms with van der Waals surface area (Å²) >= 11 is 0. The molecule has 5 heteroatoms. The maximum atomic E-state index is 11.6. The first-order valence-electron chi connectivity index (χ1n) is 3.34. The van der Waals surface area contributed by atoms with Crippen LogP contribution in [0.5, 0.6) is 0 Å². The molecule has 68 valence electrons. The number of alkyl halides is 2. The van der Waals surface area contributed by atoms with E-state index in [2.05, 4.69) is 5.32 Å². The molecule has 0 aliphatic carbocycles. The summed E-state index contributed by atoms with van der Waals surface area (Å²) in [5.41, 5.74) is 0. The second-order valence-corrected chi connectivity index (χ2v) is 3.92. The molecule has 0 aliphatic rings. The molecule has 2 nitrogen and oxygen atoms in total. The second-order valence-electron chi connectivity index (χ2n) is 2.44. The SMILES string of the molecule is CC(CS(C)=O)NCC(F)F. The normalized spacial score (nSPS) is 16.8. The van der Waals surface area contributed by atoms with Gasteiger partial charge in [-0.25, -0.2) is 8.78 Å². The predicted octanol–water partition coefficient (Wildman–Crippen LogP) is 0.608. The number of hydrogen-bond donors (Lipinski definition) is 1. The predicted molar refractivity (Wildman–Crippen MR) is 42.4 cm³/mol. The Hall–Kier alpha value is -0.0300. The summed E-state index contributed by atoms with van der Waals surface area (Å²) in [5.74, 6) is 0.423. The van der Waals surface area contributed by atoms with Gasteiger partial charge in [-0.3, -0.25) is 4.21 Å². The van der Waals surface area contributed by atoms with E-state index in [0.29, 0.717) is 5.75 Å². The van der Waals surface area contributed by atoms with Crippen LogP contribution in [0.15, 0.2) is 0 Å². The van der Waals surface area contributed by atoms with E-state index >= 15 is 0 Å². The third-order valence-corrected chi connectivity index (χ3v) is 2.07. The van der Waals surface area contributed by atoms with Gasteiger partial charge in [0.05, 0.1) is 6.54 Å². The van der Waals surface area contributed by atoms with Crippen molar-refractivity contribution in [3.8, 4) is 0 Å². The van der Waals surface area contributed by atoms with Crippen LogP contribution in [-0.2, 0) is 10.8 Å². The minimum atomic E-state index is -2.33. The van der Waals surface area contributed by atoms with Gasteiger partial charge >= 0.3 is 0 Å². The Kier molecular flexibility index (Phi) is 5.58. The van der Waals surface area contributed by atoms with Crippen molar-refractivity contribution in [3.05, 3.63) is 0 Å². The zero-order valence-electron chi connectivity index (χ0n) is 6.64. The molecule has 0 amide bonds. The van der Waals surface area contributed by atoms with Crippen LogP contribution in [0, 0.1) is 0 Å². The average molecular weight is 185 g/mol. The highest BCUT2D eigenvalue weighted by Gasteiger charge is 2.06. The molecule has 0 rings (SSSR count). The lowest BCUT2D eigenvalue weighted by molar-refractivity contribution is 0.143. The number of rotatable bonds is 5. The molecule has 0 aromatic carbocycles. The molecule has 0 fully saturated rings. The maximum Gasteiger partial charge on any atom is 0.250 e. The Balaban J connectivity index is 3.37. The topological polar surface area (TPSA) is 29.1 Å². The van der Waals surface area contributed by atoms with Crippen LogP contribution in [-0.4, -0.2) is 35.2 Å². The van der Waals surface area contributed by atoms with Gasteiger partial charge in [-0.1, -0.05) is 0 Å². The van der Waals surface area contributed by atoms with Gasteiger partial charge in [0.1, 0.15) is 0 Å². The zero-order valence-corrected chi connectivity index (χ0v) is 7.46. The van der Waals surface area contributed by atoms with Gasteiger partial charge in [-0.05, 0) is 6.92 Å². The standard InChI is InChI=1S/C6H13F2NOS/c1-5(4-11(2)10)9-3-6(7)8/h5-6,9H,3-4H2,1-2H3. The van der Waals surface area contributed by atoms with Gasteiger partial charge in [-0.2, -0.15) is 0 Å². The first kappa shape index (κ1) is 11.0. The fourth-order valence-corrected chi connectivity index (χ4v) is 1.52. The summed E-state index contributed by atoms with van der Waals surface area (Å²) in [6, 6.07) is -0.102. The minimum Gasteiger partial charge on any atom is -0.308 e. The van der Waals surface area contributed by atoms with Crippen LogP contribution in [0.3, 0.4) is 0 Å². The van der Waals surface area contributed by atoms with Crippen LogP contribution >= 0.6 is 0 Å². The van der Waals surface area contributed by atoms with E-state index in [1.165, 1.54) is 0 Å². The van der Waals surface area contributed by atoms with E-state index in [9.17, 15) is 13.0 Å². The highest BCUT2D eigenvalue weighted by atomic mass is 32.2. The molecular weight excluding hydrogens is 172 g/mol. The van der Waals surface area contributed by atoms with E-state index in [-0.39, 0.29) is 12.6 Å². The molecule has 0 spiro atoms. The summed E-state index contributed by atoms with van der Waals surface area (Å²) in [4.78, 5) is 0. The van der Waals surface area contributed by atoms with Crippen molar-refractivity contribution >= 4 is 10.8 Å². The summed E-state index contributed by atoms with van der Waals surface area (Å²) in [7, 11) is -0.918. The maximum absolute atomic E-state index is 11.6. The fourth-order valence-electron chi connectivity index (χ4n) is 0.701. The molecule has 0 bridgehead atoms. The third-order valence-electron chi connectivity index (χ3n) is 1.11. The van der Waals surface area contributed by atoms with Crippen molar-refractivity contribution in [1.29, 1.82) is 0 Å². The molecule has 11 heavy (non-hydrogen) atoms. The minimum absolute atomic E-state index is 0.102. The van der Waals surface area contributed by atoms with Crippen molar-refractivity contribution < 1.29 is 13.0 Å². The van der Waals surface area contributed by atoms with E-state index in [0.717, 1.165) is 0 Å². The van der Waals surface area contributed by atoms with Gasteiger partial charge in [-0.15, -0.1) is 0 Å². The Morgan fingerprint density at radius 2 is 2.09 bits per heavy atom. The molecule has 0 aliphatic heterocycles. The molecule has 1 N–H and O–H groups in total. The van der Waals surface area contributed by atoms with E-state index in [4.69, 9.17) is 0 Å². The van der Waals surface area contributed by atoms with E-state index < -0.39 is 17.2 Å². The summed E-state index contributed by atoms with van der Waals surface area (Å²) in [6.07, 6.45) is -0.775. The van der Waals surface area contributed by atoms with Gasteiger partial charge < -0.3 is 5.32 Å². The average Bonchev–Trinajstić information content (AvgIpc) is 1.82. The largest absolute Gasteiger partial charge is 0.308 e. The molecule has 0 heterocycles. The molecule has 2 atom stereocenters. The lowest BCUT2D eigenvalue weighted by atomic mass is 10.4. The molecule has 0 saturated carbocycles. The quantitative estimate of drug-likeness (QED) is 0.680. The van der Waals surface area contributed by atoms with Gasteiger partial charge in [0.25, 0.3) is 6.43 Å². The van der Waals surface area contributed by atoms with Crippen molar-refractivity contribution in [2.45, 2.75) is 19.4 Å². The molecule has 0 saturated heterocycles. The van der Waals surface area contributed by atoms with Crippen LogP contribution in [0.2, 0.25) is 0 Å². The molecular formula is C6H13F2NOS. The molecule has 2 unspecified atom stereocenters. The number of nitrogens with one attached hydrogen (secondary N) is 1. The highest BCUT2D eigenvalue weighted by molar-refractivity contribution is 7.84. The molecule has 0 aromatic rings. The van der Waals surface area contributed by atoms with Gasteiger partial charge in [0, 0.05) is 28.9 Å². The first-order valence-corrected chi connectivity index (χ1v) is 5.06. The monoisotopic (exact) mass is 185 g/mol. The summed E-state index contributed by atoms with van der Waals surface area (Å²) in [5, 5.41) is 2.57. The van der Waals surface area contributed by atoms with Crippen LogP contribution in [0.4, 0.5) is 8.78 Å². The van der Waals surface area contributed by atoms with Crippen LogP contribution in [0.25, 0.3) is 0 Å². The van der Waals surface area contributed by atoms with E-state index in [1.807, 2.05) is 0 Å². The summed E-state index contributed by atoms with van der Waals surface area (Å²) < 4.78 is 33.8. The Labute approximate surface area is 67.8 Å². The van der Waals surface area contributed by atoms with Gasteiger partial charge in [0.2, 0.25) is 0 Å². The Morgan fingerprint density at radius 3 is 2.45 bits per heavy atom. The Bertz CT molecular complexity index is 132. The summed E-state index contributed by atoms with van der Waals surface area (Å²) in [6.45, 7) is 1.42. The fraction of sp³-hybridized carbons (Fsp3) is 1.00. The molecule has 0 aromatic heterocycles. The van der Waals surface area contributed by atoms with Crippen LogP contribution in [0.1, 0.15) is 6.92 Å². The Morgan fingerprint density at radius 1 is 1.55 bits per heavy atom. The van der Waals surface area contributed by atoms with Crippen molar-refractivity contribution in [1.82, 2.24) is 5.32 Å². The van der Waals surface area contributed by atoms with E-state index in [1.54, 1.807) is 13.2 Å². The van der Waals surface area contributed by atoms with Crippen molar-refractivity contribution in [2.24, 2.45) is 0 Å². The lowest BCUT2D eigenvalue weighted by Gasteiger charge is -2.10. The van der Waals surface area contributed by atoms with Crippen molar-refractivity contribution in [2.75, 3.05) is 18.6 Å². The number of hydrogen-bond acceptors (Lipinski definition) is 2. The van der Waals surface area contributed by atoms with Gasteiger partial charge in [0.15, 0.2) is 0 Å². The lowest BCUT2D eigenvalue weighted by Crippen LogP contribution is -2.34.